The maximum atomic E-state index is 12.9. The molecule has 0 radical (unpaired) electrons. The Morgan fingerprint density at radius 3 is 2.37 bits per heavy atom. The monoisotopic (exact) mass is 490 g/mol. The third kappa shape index (κ3) is 5.84. The van der Waals surface area contributed by atoms with Crippen molar-refractivity contribution in [2.24, 2.45) is 0 Å². The molecule has 0 bridgehead atoms. The van der Waals surface area contributed by atoms with Crippen molar-refractivity contribution in [3.8, 4) is 17.5 Å². The van der Waals surface area contributed by atoms with Crippen LogP contribution in [0.1, 0.15) is 50.5 Å². The van der Waals surface area contributed by atoms with E-state index in [-0.39, 0.29) is 11.9 Å². The minimum absolute atomic E-state index is 0.0991. The summed E-state index contributed by atoms with van der Waals surface area (Å²) in [5.74, 6) is 1.49. The maximum Gasteiger partial charge on any atom is 0.237 e. The molecule has 1 aromatic heterocycles. The Balaban J connectivity index is 1.58. The van der Waals surface area contributed by atoms with E-state index in [0.29, 0.717) is 16.4 Å². The summed E-state index contributed by atoms with van der Waals surface area (Å²) in [7, 11) is 1.65. The van der Waals surface area contributed by atoms with Crippen LogP contribution in [0.3, 0.4) is 0 Å². The van der Waals surface area contributed by atoms with Crippen molar-refractivity contribution in [3.05, 3.63) is 59.9 Å². The molecular weight excluding hydrogens is 460 g/mol. The van der Waals surface area contributed by atoms with Gasteiger partial charge in [0.2, 0.25) is 5.91 Å². The minimum Gasteiger partial charge on any atom is -0.497 e. The Hall–Kier alpha value is -3.35. The van der Waals surface area contributed by atoms with Crippen molar-refractivity contribution in [1.82, 2.24) is 19.7 Å². The van der Waals surface area contributed by atoms with Crippen LogP contribution in [0, 0.1) is 11.3 Å². The number of methoxy groups -OCH3 is 1. The first kappa shape index (κ1) is 24.8. The summed E-state index contributed by atoms with van der Waals surface area (Å²) in [5.41, 5.74) is 2.13. The highest BCUT2D eigenvalue weighted by Gasteiger charge is 2.27. The van der Waals surface area contributed by atoms with Crippen molar-refractivity contribution in [3.63, 3.8) is 0 Å². The second-order valence-electron chi connectivity index (χ2n) is 8.59. The zero-order chi connectivity index (χ0) is 24.8. The number of nitriles is 1. The van der Waals surface area contributed by atoms with Gasteiger partial charge >= 0.3 is 0 Å². The Labute approximate surface area is 210 Å². The Kier molecular flexibility index (Phi) is 8.06. The number of nitrogens with zero attached hydrogens (tertiary/aromatic N) is 5. The topological polar surface area (TPSA) is 96.1 Å². The smallest absolute Gasteiger partial charge is 0.237 e. The Bertz CT molecular complexity index is 1180. The molecule has 8 nitrogen and oxygen atoms in total. The molecule has 2 atom stereocenters. The predicted octanol–water partition coefficient (Wildman–Crippen LogP) is 4.81. The third-order valence-corrected chi connectivity index (χ3v) is 7.28. The van der Waals surface area contributed by atoms with Gasteiger partial charge in [-0.3, -0.25) is 14.3 Å². The molecule has 0 unspecified atom stereocenters. The second kappa shape index (κ2) is 11.4. The lowest BCUT2D eigenvalue weighted by Crippen LogP contribution is -2.33. The summed E-state index contributed by atoms with van der Waals surface area (Å²) in [5, 5.41) is 21.2. The summed E-state index contributed by atoms with van der Waals surface area (Å²) in [6.45, 7) is 6.11. The fraction of sp³-hybridized carbons (Fsp3) is 0.385. The van der Waals surface area contributed by atoms with E-state index in [2.05, 4.69) is 38.0 Å². The number of carbonyl (C=O) groups excluding carboxylic acids is 1. The van der Waals surface area contributed by atoms with E-state index in [1.54, 1.807) is 31.4 Å². The van der Waals surface area contributed by atoms with Gasteiger partial charge < -0.3 is 10.1 Å². The van der Waals surface area contributed by atoms with Crippen LogP contribution < -0.4 is 10.1 Å². The lowest BCUT2D eigenvalue weighted by Gasteiger charge is -2.32. The zero-order valence-corrected chi connectivity index (χ0v) is 21.1. The number of piperidine rings is 1. The Morgan fingerprint density at radius 2 is 1.74 bits per heavy atom. The van der Waals surface area contributed by atoms with E-state index < -0.39 is 5.25 Å². The van der Waals surface area contributed by atoms with Crippen LogP contribution in [-0.4, -0.2) is 51.0 Å². The number of thioether (sulfide) groups is 1. The first-order valence-electron chi connectivity index (χ1n) is 11.8. The first-order chi connectivity index (χ1) is 17.0. The number of hydrogen-bond acceptors (Lipinski definition) is 7. The number of benzene rings is 2. The van der Waals surface area contributed by atoms with Crippen LogP contribution in [0.5, 0.6) is 5.75 Å². The molecule has 4 rings (SSSR count). The molecule has 182 valence electrons. The maximum absolute atomic E-state index is 12.9. The molecule has 1 aliphatic heterocycles. The van der Waals surface area contributed by atoms with Crippen molar-refractivity contribution >= 4 is 23.4 Å². The number of nitrogens with one attached hydrogen (secondary N) is 1. The minimum atomic E-state index is -0.412. The molecule has 1 saturated heterocycles. The van der Waals surface area contributed by atoms with Gasteiger partial charge in [-0.2, -0.15) is 5.26 Å². The van der Waals surface area contributed by atoms with Gasteiger partial charge in [-0.1, -0.05) is 18.2 Å². The highest BCUT2D eigenvalue weighted by atomic mass is 32.2. The normalized spacial score (nSPS) is 15.7. The lowest BCUT2D eigenvalue weighted by atomic mass is 10.1. The first-order valence-corrected chi connectivity index (χ1v) is 12.7. The zero-order valence-electron chi connectivity index (χ0n) is 20.3. The highest BCUT2D eigenvalue weighted by molar-refractivity contribution is 8.00. The summed E-state index contributed by atoms with van der Waals surface area (Å²) in [6.07, 6.45) is 3.64. The highest BCUT2D eigenvalue weighted by Crippen LogP contribution is 2.32. The molecule has 0 aliphatic carbocycles. The van der Waals surface area contributed by atoms with Gasteiger partial charge in [0.15, 0.2) is 11.0 Å². The standard InChI is InChI=1S/C26H30N6O2S/c1-18(31-15-5-4-6-16-31)24-29-30-26(32(24)22-11-13-23(34-3)14-12-22)35-19(2)25(33)28-21-9-7-20(17-27)8-10-21/h7-14,18-19H,4-6,15-16H2,1-3H3,(H,28,33)/t18-,19-/m1/s1. The van der Waals surface area contributed by atoms with Crippen LogP contribution in [-0.2, 0) is 4.79 Å². The van der Waals surface area contributed by atoms with E-state index in [9.17, 15) is 4.79 Å². The molecule has 2 heterocycles. The fourth-order valence-corrected chi connectivity index (χ4v) is 5.03. The van der Waals surface area contributed by atoms with Crippen molar-refractivity contribution < 1.29 is 9.53 Å². The van der Waals surface area contributed by atoms with E-state index in [1.807, 2.05) is 31.2 Å². The SMILES string of the molecule is COc1ccc(-n2c(S[C@H](C)C(=O)Nc3ccc(C#N)cc3)nnc2[C@@H](C)N2CCCCC2)cc1. The van der Waals surface area contributed by atoms with E-state index in [1.165, 1.54) is 31.0 Å². The lowest BCUT2D eigenvalue weighted by molar-refractivity contribution is -0.115. The van der Waals surface area contributed by atoms with Gasteiger partial charge in [0, 0.05) is 11.4 Å². The van der Waals surface area contributed by atoms with Crippen LogP contribution in [0.15, 0.2) is 53.7 Å². The fourth-order valence-electron chi connectivity index (χ4n) is 4.15. The van der Waals surface area contributed by atoms with Crippen molar-refractivity contribution in [2.45, 2.75) is 49.6 Å². The van der Waals surface area contributed by atoms with E-state index in [4.69, 9.17) is 10.00 Å². The number of amides is 1. The summed E-state index contributed by atoms with van der Waals surface area (Å²) < 4.78 is 7.38. The molecule has 35 heavy (non-hydrogen) atoms. The number of aromatic nitrogens is 3. The number of anilines is 1. The summed E-state index contributed by atoms with van der Waals surface area (Å²) in [4.78, 5) is 15.4. The molecular formula is C26H30N6O2S. The Morgan fingerprint density at radius 1 is 1.06 bits per heavy atom. The molecule has 1 fully saturated rings. The van der Waals surface area contributed by atoms with Crippen molar-refractivity contribution in [2.75, 3.05) is 25.5 Å². The van der Waals surface area contributed by atoms with Gasteiger partial charge in [-0.15, -0.1) is 10.2 Å². The average Bonchev–Trinajstić information content (AvgIpc) is 3.32. The summed E-state index contributed by atoms with van der Waals surface area (Å²) in [6, 6.07) is 16.8. The van der Waals surface area contributed by atoms with Gasteiger partial charge in [0.05, 0.1) is 30.0 Å². The van der Waals surface area contributed by atoms with E-state index >= 15 is 0 Å². The number of ether oxygens (including phenoxy) is 1. The second-order valence-corrected chi connectivity index (χ2v) is 9.89. The molecule has 1 amide bonds. The molecule has 3 aromatic rings. The van der Waals surface area contributed by atoms with Crippen molar-refractivity contribution in [1.29, 1.82) is 5.26 Å². The largest absolute Gasteiger partial charge is 0.497 e. The van der Waals surface area contributed by atoms with Crippen LogP contribution in [0.4, 0.5) is 5.69 Å². The van der Waals surface area contributed by atoms with Gasteiger partial charge in [0.25, 0.3) is 0 Å². The predicted molar refractivity (Wildman–Crippen MR) is 137 cm³/mol. The molecule has 0 saturated carbocycles. The third-order valence-electron chi connectivity index (χ3n) is 6.23. The molecule has 1 N–H and O–H groups in total. The number of rotatable bonds is 8. The number of hydrogen-bond donors (Lipinski definition) is 1. The van der Waals surface area contributed by atoms with Crippen LogP contribution in [0.25, 0.3) is 5.69 Å². The number of carbonyl (C=O) groups is 1. The van der Waals surface area contributed by atoms with Crippen LogP contribution >= 0.6 is 11.8 Å². The molecule has 0 spiro atoms. The van der Waals surface area contributed by atoms with Gasteiger partial charge in [0.1, 0.15) is 5.75 Å². The van der Waals surface area contributed by atoms with Gasteiger partial charge in [-0.25, -0.2) is 0 Å². The van der Waals surface area contributed by atoms with Crippen LogP contribution in [0.2, 0.25) is 0 Å². The summed E-state index contributed by atoms with van der Waals surface area (Å²) >= 11 is 1.37. The van der Waals surface area contributed by atoms with Gasteiger partial charge in [-0.05, 0) is 88.3 Å². The quantitative estimate of drug-likeness (QED) is 0.453. The van der Waals surface area contributed by atoms with E-state index in [0.717, 1.165) is 30.4 Å². The molecule has 1 aliphatic rings. The number of likely N-dealkylation sites (tertiary alicyclic amines) is 1. The molecule has 2 aromatic carbocycles. The average molecular weight is 491 g/mol. The molecule has 9 heteroatoms.